The summed E-state index contributed by atoms with van der Waals surface area (Å²) < 4.78 is 0. The SMILES string of the molecule is NC(=O)CCN1CCCC(CCO)C1. The third kappa shape index (κ3) is 4.07. The maximum atomic E-state index is 10.6. The fourth-order valence-electron chi connectivity index (χ4n) is 2.04. The highest BCUT2D eigenvalue weighted by atomic mass is 16.3. The Labute approximate surface area is 85.1 Å². The van der Waals surface area contributed by atoms with Gasteiger partial charge in [-0.1, -0.05) is 0 Å². The molecule has 0 saturated carbocycles. The van der Waals surface area contributed by atoms with Crippen molar-refractivity contribution in [2.24, 2.45) is 11.7 Å². The minimum Gasteiger partial charge on any atom is -0.396 e. The van der Waals surface area contributed by atoms with Crippen LogP contribution in [0, 0.1) is 5.92 Å². The number of nitrogens with two attached hydrogens (primary N) is 1. The minimum absolute atomic E-state index is 0.228. The van der Waals surface area contributed by atoms with E-state index in [1.54, 1.807) is 0 Å². The standard InChI is InChI=1S/C10H20N2O2/c11-10(14)3-6-12-5-1-2-9(8-12)4-7-13/h9,13H,1-8H2,(H2,11,14). The van der Waals surface area contributed by atoms with Gasteiger partial charge >= 0.3 is 0 Å². The molecular formula is C10H20N2O2. The van der Waals surface area contributed by atoms with Gasteiger partial charge in [0.15, 0.2) is 0 Å². The van der Waals surface area contributed by atoms with Crippen LogP contribution in [0.5, 0.6) is 0 Å². The number of nitrogens with zero attached hydrogens (tertiary/aromatic N) is 1. The number of amides is 1. The van der Waals surface area contributed by atoms with Crippen LogP contribution in [0.4, 0.5) is 0 Å². The van der Waals surface area contributed by atoms with E-state index in [4.69, 9.17) is 10.8 Å². The highest BCUT2D eigenvalue weighted by Crippen LogP contribution is 2.18. The van der Waals surface area contributed by atoms with Gasteiger partial charge in [-0.05, 0) is 31.7 Å². The smallest absolute Gasteiger partial charge is 0.218 e. The topological polar surface area (TPSA) is 66.6 Å². The van der Waals surface area contributed by atoms with Crippen molar-refractivity contribution in [2.75, 3.05) is 26.2 Å². The quantitative estimate of drug-likeness (QED) is 0.654. The van der Waals surface area contributed by atoms with Crippen molar-refractivity contribution in [3.8, 4) is 0 Å². The highest BCUT2D eigenvalue weighted by Gasteiger charge is 2.19. The van der Waals surface area contributed by atoms with Crippen LogP contribution in [0.1, 0.15) is 25.7 Å². The second-order valence-corrected chi connectivity index (χ2v) is 4.04. The zero-order chi connectivity index (χ0) is 10.4. The first-order valence-corrected chi connectivity index (χ1v) is 5.34. The molecule has 1 aliphatic heterocycles. The van der Waals surface area contributed by atoms with E-state index in [1.807, 2.05) is 0 Å². The Morgan fingerprint density at radius 2 is 2.36 bits per heavy atom. The molecule has 3 N–H and O–H groups in total. The summed E-state index contributed by atoms with van der Waals surface area (Å²) in [5, 5.41) is 8.83. The normalized spacial score (nSPS) is 23.6. The molecule has 1 saturated heterocycles. The van der Waals surface area contributed by atoms with Crippen molar-refractivity contribution >= 4 is 5.91 Å². The molecular weight excluding hydrogens is 180 g/mol. The van der Waals surface area contributed by atoms with Crippen LogP contribution in [0.25, 0.3) is 0 Å². The summed E-state index contributed by atoms with van der Waals surface area (Å²) in [5.41, 5.74) is 5.10. The lowest BCUT2D eigenvalue weighted by Crippen LogP contribution is -2.37. The molecule has 0 aromatic carbocycles. The molecule has 1 fully saturated rings. The largest absolute Gasteiger partial charge is 0.396 e. The lowest BCUT2D eigenvalue weighted by atomic mass is 9.95. The average Bonchev–Trinajstić information content (AvgIpc) is 2.16. The summed E-state index contributed by atoms with van der Waals surface area (Å²) in [7, 11) is 0. The number of aliphatic hydroxyl groups excluding tert-OH is 1. The third-order valence-corrected chi connectivity index (χ3v) is 2.81. The van der Waals surface area contributed by atoms with E-state index in [1.165, 1.54) is 12.8 Å². The predicted molar refractivity (Wildman–Crippen MR) is 54.7 cm³/mol. The maximum absolute atomic E-state index is 10.6. The molecule has 14 heavy (non-hydrogen) atoms. The van der Waals surface area contributed by atoms with Crippen LogP contribution >= 0.6 is 0 Å². The van der Waals surface area contributed by atoms with Gasteiger partial charge in [0, 0.05) is 26.1 Å². The Kier molecular flexibility index (Phi) is 4.90. The molecule has 1 amide bonds. The molecule has 82 valence electrons. The van der Waals surface area contributed by atoms with Gasteiger partial charge in [0.25, 0.3) is 0 Å². The summed E-state index contributed by atoms with van der Waals surface area (Å²) in [6.45, 7) is 3.12. The van der Waals surface area contributed by atoms with E-state index in [9.17, 15) is 4.79 Å². The molecule has 4 nitrogen and oxygen atoms in total. The van der Waals surface area contributed by atoms with Gasteiger partial charge in [-0.15, -0.1) is 0 Å². The first-order valence-electron chi connectivity index (χ1n) is 5.34. The van der Waals surface area contributed by atoms with Crippen LogP contribution in [0.2, 0.25) is 0 Å². The first-order chi connectivity index (χ1) is 6.72. The summed E-state index contributed by atoms with van der Waals surface area (Å²) >= 11 is 0. The molecule has 0 bridgehead atoms. The maximum Gasteiger partial charge on any atom is 0.218 e. The Balaban J connectivity index is 2.21. The van der Waals surface area contributed by atoms with Crippen LogP contribution < -0.4 is 5.73 Å². The number of piperidine rings is 1. The van der Waals surface area contributed by atoms with Crippen molar-refractivity contribution in [3.05, 3.63) is 0 Å². The Hall–Kier alpha value is -0.610. The van der Waals surface area contributed by atoms with E-state index in [2.05, 4.69) is 4.90 Å². The number of hydrogen-bond acceptors (Lipinski definition) is 3. The number of hydrogen-bond donors (Lipinski definition) is 2. The van der Waals surface area contributed by atoms with Gasteiger partial charge in [-0.25, -0.2) is 0 Å². The Bertz CT molecular complexity index is 183. The van der Waals surface area contributed by atoms with Gasteiger partial charge in [0.1, 0.15) is 0 Å². The third-order valence-electron chi connectivity index (χ3n) is 2.81. The van der Waals surface area contributed by atoms with Gasteiger partial charge in [0.2, 0.25) is 5.91 Å². The van der Waals surface area contributed by atoms with Gasteiger partial charge in [0.05, 0.1) is 0 Å². The van der Waals surface area contributed by atoms with Crippen LogP contribution in [-0.2, 0) is 4.79 Å². The van der Waals surface area contributed by atoms with Crippen molar-refractivity contribution in [2.45, 2.75) is 25.7 Å². The zero-order valence-electron chi connectivity index (χ0n) is 8.61. The first kappa shape index (κ1) is 11.5. The summed E-state index contributed by atoms with van der Waals surface area (Å²) in [5.74, 6) is 0.371. The average molecular weight is 200 g/mol. The molecule has 4 heteroatoms. The molecule has 1 rings (SSSR count). The van der Waals surface area contributed by atoms with Crippen LogP contribution in [0.15, 0.2) is 0 Å². The number of carbonyl (C=O) groups is 1. The van der Waals surface area contributed by atoms with E-state index >= 15 is 0 Å². The predicted octanol–water partition coefficient (Wildman–Crippen LogP) is -0.0438. The number of carbonyl (C=O) groups excluding carboxylic acids is 1. The second-order valence-electron chi connectivity index (χ2n) is 4.04. The van der Waals surface area contributed by atoms with Crippen molar-refractivity contribution < 1.29 is 9.90 Å². The van der Waals surface area contributed by atoms with E-state index in [-0.39, 0.29) is 12.5 Å². The summed E-state index contributed by atoms with van der Waals surface area (Å²) in [6.07, 6.45) is 3.70. The van der Waals surface area contributed by atoms with Crippen molar-refractivity contribution in [3.63, 3.8) is 0 Å². The van der Waals surface area contributed by atoms with Crippen LogP contribution in [-0.4, -0.2) is 42.2 Å². The fourth-order valence-corrected chi connectivity index (χ4v) is 2.04. The molecule has 0 spiro atoms. The molecule has 1 atom stereocenters. The minimum atomic E-state index is -0.228. The second kappa shape index (κ2) is 5.98. The Morgan fingerprint density at radius 1 is 1.57 bits per heavy atom. The van der Waals surface area contributed by atoms with E-state index in [0.29, 0.717) is 12.3 Å². The van der Waals surface area contributed by atoms with Gasteiger partial charge < -0.3 is 15.7 Å². The monoisotopic (exact) mass is 200 g/mol. The van der Waals surface area contributed by atoms with E-state index in [0.717, 1.165) is 26.1 Å². The molecule has 0 aliphatic carbocycles. The van der Waals surface area contributed by atoms with Crippen molar-refractivity contribution in [1.29, 1.82) is 0 Å². The van der Waals surface area contributed by atoms with Gasteiger partial charge in [-0.2, -0.15) is 0 Å². The van der Waals surface area contributed by atoms with Crippen molar-refractivity contribution in [1.82, 2.24) is 4.90 Å². The lowest BCUT2D eigenvalue weighted by molar-refractivity contribution is -0.118. The fraction of sp³-hybridized carbons (Fsp3) is 0.900. The summed E-state index contributed by atoms with van der Waals surface area (Å²) in [6, 6.07) is 0. The molecule has 1 unspecified atom stereocenters. The van der Waals surface area contributed by atoms with Crippen LogP contribution in [0.3, 0.4) is 0 Å². The molecule has 1 aliphatic rings. The Morgan fingerprint density at radius 3 is 3.00 bits per heavy atom. The molecule has 0 radical (unpaired) electrons. The number of primary amides is 1. The van der Waals surface area contributed by atoms with E-state index < -0.39 is 0 Å². The zero-order valence-corrected chi connectivity index (χ0v) is 8.61. The number of aliphatic hydroxyl groups is 1. The lowest BCUT2D eigenvalue weighted by Gasteiger charge is -2.32. The number of likely N-dealkylation sites (tertiary alicyclic amines) is 1. The highest BCUT2D eigenvalue weighted by molar-refractivity contribution is 5.73. The molecule has 0 aromatic rings. The molecule has 1 heterocycles. The molecule has 0 aromatic heterocycles. The summed E-state index contributed by atoms with van der Waals surface area (Å²) in [4.78, 5) is 12.9. The number of rotatable bonds is 5. The van der Waals surface area contributed by atoms with Gasteiger partial charge in [-0.3, -0.25) is 4.79 Å².